The fourth-order valence-electron chi connectivity index (χ4n) is 4.82. The van der Waals surface area contributed by atoms with Crippen LogP contribution in [0.1, 0.15) is 42.7 Å². The number of carbonyl (C=O) groups is 2. The van der Waals surface area contributed by atoms with Crippen LogP contribution < -0.4 is 25.4 Å². The summed E-state index contributed by atoms with van der Waals surface area (Å²) in [5, 5.41) is 10.4. The Balaban J connectivity index is 1.50. The fraction of sp³-hybridized carbons (Fsp3) is 0.324. The lowest BCUT2D eigenvalue weighted by Crippen LogP contribution is -2.37. The number of ether oxygens (including phenoxy) is 2. The number of nitrogens with one attached hydrogen (secondary N) is 3. The summed E-state index contributed by atoms with van der Waals surface area (Å²) in [5.41, 5.74) is 3.08. The lowest BCUT2D eigenvalue weighted by Gasteiger charge is -2.23. The van der Waals surface area contributed by atoms with E-state index in [1.54, 1.807) is 42.5 Å². The van der Waals surface area contributed by atoms with E-state index in [9.17, 15) is 18.0 Å². The summed E-state index contributed by atoms with van der Waals surface area (Å²) in [4.78, 5) is 30.3. The maximum absolute atomic E-state index is 13.8. The molecule has 0 unspecified atom stereocenters. The van der Waals surface area contributed by atoms with Crippen LogP contribution in [0, 0.1) is 6.92 Å². The van der Waals surface area contributed by atoms with E-state index in [1.165, 1.54) is 30.7 Å². The third-order valence-electron chi connectivity index (χ3n) is 7.59. The first-order valence-electron chi connectivity index (χ1n) is 15.2. The summed E-state index contributed by atoms with van der Waals surface area (Å²) >= 11 is 6.24. The van der Waals surface area contributed by atoms with Gasteiger partial charge in [-0.1, -0.05) is 18.5 Å². The van der Waals surface area contributed by atoms with Crippen LogP contribution in [-0.2, 0) is 14.8 Å². The zero-order valence-corrected chi connectivity index (χ0v) is 28.7. The first kappa shape index (κ1) is 35.5. The molecule has 250 valence electrons. The van der Waals surface area contributed by atoms with Crippen molar-refractivity contribution in [3.63, 3.8) is 0 Å². The third kappa shape index (κ3) is 9.12. The second-order valence-corrected chi connectivity index (χ2v) is 13.3. The molecule has 0 saturated carbocycles. The molecule has 0 bridgehead atoms. The number of hydrogen-bond donors (Lipinski definition) is 3. The van der Waals surface area contributed by atoms with Crippen LogP contribution in [-0.4, -0.2) is 69.4 Å². The van der Waals surface area contributed by atoms with Crippen molar-refractivity contribution >= 4 is 55.7 Å². The van der Waals surface area contributed by atoms with E-state index in [1.807, 2.05) is 32.9 Å². The summed E-state index contributed by atoms with van der Waals surface area (Å²) < 4.78 is 39.5. The Labute approximate surface area is 280 Å². The first-order valence-corrected chi connectivity index (χ1v) is 17.0. The van der Waals surface area contributed by atoms with Crippen molar-refractivity contribution < 1.29 is 27.5 Å². The first-order chi connectivity index (χ1) is 22.4. The van der Waals surface area contributed by atoms with Gasteiger partial charge in [0.05, 0.1) is 30.3 Å². The van der Waals surface area contributed by atoms with Crippen molar-refractivity contribution in [2.45, 2.75) is 44.6 Å². The van der Waals surface area contributed by atoms with Crippen LogP contribution in [0.25, 0.3) is 10.9 Å². The van der Waals surface area contributed by atoms with Crippen molar-refractivity contribution in [3.8, 4) is 11.5 Å². The summed E-state index contributed by atoms with van der Waals surface area (Å²) in [6.07, 6.45) is 0.648. The van der Waals surface area contributed by atoms with Gasteiger partial charge in [-0.15, -0.1) is 0 Å². The van der Waals surface area contributed by atoms with Gasteiger partial charge in [0.2, 0.25) is 15.9 Å². The third-order valence-corrected chi connectivity index (χ3v) is 9.74. The number of halogens is 1. The second-order valence-electron chi connectivity index (χ2n) is 11.0. The number of hydrogen-bond acceptors (Lipinski definition) is 8. The van der Waals surface area contributed by atoms with Gasteiger partial charge in [0.15, 0.2) is 0 Å². The zero-order valence-electron chi connectivity index (χ0n) is 27.1. The number of fused-ring (bicyclic) bond motifs is 1. The highest BCUT2D eigenvalue weighted by atomic mass is 35.5. The van der Waals surface area contributed by atoms with Gasteiger partial charge in [0, 0.05) is 59.5 Å². The standard InChI is InChI=1S/C34H40ClN5O6S/c1-6-22(2)38-34(42)24-7-13-30(32(20-24)46-5)39-33(41)15-17-40(47(43,44)27-11-9-26(45-4)10-12-27)18-16-36-31-19-23(3)37-29-14-8-25(35)21-28(29)31/h7-14,19-22H,6,15-18H2,1-5H3,(H,36,37)(H,38,42)(H,39,41)/t22-/m1/s1. The lowest BCUT2D eigenvalue weighted by molar-refractivity contribution is -0.116. The number of benzene rings is 3. The molecule has 1 atom stereocenters. The number of sulfonamides is 1. The maximum atomic E-state index is 13.8. The topological polar surface area (TPSA) is 139 Å². The number of amides is 2. The number of nitrogens with zero attached hydrogens (tertiary/aromatic N) is 2. The molecule has 0 aliphatic rings. The van der Waals surface area contributed by atoms with Crippen LogP contribution in [0.5, 0.6) is 11.5 Å². The minimum absolute atomic E-state index is 0.00637. The number of aromatic nitrogens is 1. The molecule has 13 heteroatoms. The van der Waals surface area contributed by atoms with Crippen LogP contribution in [0.3, 0.4) is 0 Å². The molecular formula is C34H40ClN5O6S. The van der Waals surface area contributed by atoms with E-state index in [-0.39, 0.29) is 42.9 Å². The molecule has 0 saturated heterocycles. The molecule has 0 fully saturated rings. The smallest absolute Gasteiger partial charge is 0.251 e. The number of aryl methyl sites for hydroxylation is 1. The van der Waals surface area contributed by atoms with E-state index in [0.717, 1.165) is 28.7 Å². The Bertz CT molecular complexity index is 1840. The molecule has 3 N–H and O–H groups in total. The van der Waals surface area contributed by atoms with Gasteiger partial charge in [0.1, 0.15) is 11.5 Å². The molecule has 0 radical (unpaired) electrons. The number of methoxy groups -OCH3 is 2. The SMILES string of the molecule is CC[C@@H](C)NC(=O)c1ccc(NC(=O)CCN(CCNc2cc(C)nc3ccc(Cl)cc23)S(=O)(=O)c2ccc(OC)cc2)c(OC)c1. The molecule has 4 aromatic rings. The van der Waals surface area contributed by atoms with E-state index >= 15 is 0 Å². The largest absolute Gasteiger partial charge is 0.497 e. The minimum Gasteiger partial charge on any atom is -0.497 e. The normalized spacial score (nSPS) is 12.1. The van der Waals surface area contributed by atoms with Gasteiger partial charge in [0.25, 0.3) is 5.91 Å². The Morgan fingerprint density at radius 3 is 2.38 bits per heavy atom. The van der Waals surface area contributed by atoms with Crippen molar-refractivity contribution in [3.05, 3.63) is 83.0 Å². The number of rotatable bonds is 15. The monoisotopic (exact) mass is 681 g/mol. The molecule has 0 spiro atoms. The Hall–Kier alpha value is -4.39. The van der Waals surface area contributed by atoms with E-state index in [4.69, 9.17) is 21.1 Å². The maximum Gasteiger partial charge on any atom is 0.251 e. The van der Waals surface area contributed by atoms with E-state index in [2.05, 4.69) is 20.9 Å². The van der Waals surface area contributed by atoms with E-state index in [0.29, 0.717) is 27.8 Å². The van der Waals surface area contributed by atoms with Crippen molar-refractivity contribution in [1.29, 1.82) is 0 Å². The minimum atomic E-state index is -3.99. The summed E-state index contributed by atoms with van der Waals surface area (Å²) in [5.74, 6) is 0.157. The summed E-state index contributed by atoms with van der Waals surface area (Å²) in [7, 11) is -1.05. The zero-order chi connectivity index (χ0) is 34.1. The van der Waals surface area contributed by atoms with Crippen LogP contribution >= 0.6 is 11.6 Å². The Kier molecular flexibility index (Phi) is 12.0. The molecule has 2 amide bonds. The predicted octanol–water partition coefficient (Wildman–Crippen LogP) is 5.87. The summed E-state index contributed by atoms with van der Waals surface area (Å²) in [6, 6.07) is 18.1. The quantitative estimate of drug-likeness (QED) is 0.142. The molecule has 1 aromatic heterocycles. The highest BCUT2D eigenvalue weighted by molar-refractivity contribution is 7.89. The molecule has 3 aromatic carbocycles. The van der Waals surface area contributed by atoms with Crippen molar-refractivity contribution in [1.82, 2.24) is 14.6 Å². The van der Waals surface area contributed by atoms with Gasteiger partial charge >= 0.3 is 0 Å². The number of anilines is 2. The number of carbonyl (C=O) groups excluding carboxylic acids is 2. The Morgan fingerprint density at radius 1 is 0.957 bits per heavy atom. The van der Waals surface area contributed by atoms with Gasteiger partial charge in [-0.05, 0) is 87.0 Å². The lowest BCUT2D eigenvalue weighted by atomic mass is 10.1. The number of pyridine rings is 1. The average Bonchev–Trinajstić information content (AvgIpc) is 3.06. The second kappa shape index (κ2) is 15.9. The predicted molar refractivity (Wildman–Crippen MR) is 185 cm³/mol. The van der Waals surface area contributed by atoms with Crippen LogP contribution in [0.15, 0.2) is 71.6 Å². The molecular weight excluding hydrogens is 642 g/mol. The fourth-order valence-corrected chi connectivity index (χ4v) is 6.44. The van der Waals surface area contributed by atoms with Gasteiger partial charge < -0.3 is 25.4 Å². The van der Waals surface area contributed by atoms with Crippen molar-refractivity contribution in [2.24, 2.45) is 0 Å². The molecule has 0 aliphatic carbocycles. The Morgan fingerprint density at radius 2 is 1.70 bits per heavy atom. The molecule has 0 aliphatic heterocycles. The van der Waals surface area contributed by atoms with Crippen LogP contribution in [0.4, 0.5) is 11.4 Å². The average molecular weight is 682 g/mol. The van der Waals surface area contributed by atoms with Crippen LogP contribution in [0.2, 0.25) is 5.02 Å². The van der Waals surface area contributed by atoms with Gasteiger partial charge in [-0.2, -0.15) is 4.31 Å². The molecule has 1 heterocycles. The molecule has 4 rings (SSSR count). The van der Waals surface area contributed by atoms with E-state index < -0.39 is 15.9 Å². The molecule has 11 nitrogen and oxygen atoms in total. The summed E-state index contributed by atoms with van der Waals surface area (Å²) in [6.45, 7) is 5.98. The molecule has 47 heavy (non-hydrogen) atoms. The van der Waals surface area contributed by atoms with Gasteiger partial charge in [-0.25, -0.2) is 8.42 Å². The van der Waals surface area contributed by atoms with Gasteiger partial charge in [-0.3, -0.25) is 14.6 Å². The highest BCUT2D eigenvalue weighted by Gasteiger charge is 2.25. The van der Waals surface area contributed by atoms with Crippen molar-refractivity contribution in [2.75, 3.05) is 44.5 Å². The highest BCUT2D eigenvalue weighted by Crippen LogP contribution is 2.28.